The summed E-state index contributed by atoms with van der Waals surface area (Å²) in [4.78, 5) is 2.25. The first-order valence-electron chi connectivity index (χ1n) is 7.09. The SMILES string of the molecule is CCCNC(C)c1nnc(N2CCCC2CC)o1. The lowest BCUT2D eigenvalue weighted by atomic mass is 10.2. The van der Waals surface area contributed by atoms with Crippen LogP contribution in [0.5, 0.6) is 0 Å². The third-order valence-electron chi connectivity index (χ3n) is 3.59. The zero-order chi connectivity index (χ0) is 13.0. The van der Waals surface area contributed by atoms with Crippen LogP contribution >= 0.6 is 0 Å². The molecule has 1 aliphatic rings. The second kappa shape index (κ2) is 6.18. The predicted molar refractivity (Wildman–Crippen MR) is 71.7 cm³/mol. The Morgan fingerprint density at radius 3 is 3.00 bits per heavy atom. The highest BCUT2D eigenvalue weighted by Gasteiger charge is 2.27. The molecule has 2 unspecified atom stereocenters. The molecule has 0 aliphatic carbocycles. The Bertz CT molecular complexity index is 366. The highest BCUT2D eigenvalue weighted by molar-refractivity contribution is 5.28. The minimum absolute atomic E-state index is 0.133. The molecule has 2 heterocycles. The minimum atomic E-state index is 0.133. The van der Waals surface area contributed by atoms with E-state index in [-0.39, 0.29) is 6.04 Å². The second-order valence-corrected chi connectivity index (χ2v) is 5.00. The molecule has 1 aliphatic heterocycles. The normalized spacial score (nSPS) is 21.5. The molecule has 0 saturated carbocycles. The van der Waals surface area contributed by atoms with Crippen LogP contribution in [-0.4, -0.2) is 29.3 Å². The van der Waals surface area contributed by atoms with Gasteiger partial charge in [-0.25, -0.2) is 0 Å². The van der Waals surface area contributed by atoms with E-state index in [4.69, 9.17) is 4.42 Å². The molecule has 1 fully saturated rings. The molecule has 0 bridgehead atoms. The highest BCUT2D eigenvalue weighted by atomic mass is 16.4. The van der Waals surface area contributed by atoms with Gasteiger partial charge in [0.05, 0.1) is 6.04 Å². The summed E-state index contributed by atoms with van der Waals surface area (Å²) >= 11 is 0. The van der Waals surface area contributed by atoms with Gasteiger partial charge in [-0.05, 0) is 39.2 Å². The van der Waals surface area contributed by atoms with Gasteiger partial charge in [-0.15, -0.1) is 5.10 Å². The fourth-order valence-electron chi connectivity index (χ4n) is 2.48. The Morgan fingerprint density at radius 2 is 2.28 bits per heavy atom. The Kier molecular flexibility index (Phi) is 4.58. The summed E-state index contributed by atoms with van der Waals surface area (Å²) < 4.78 is 5.80. The van der Waals surface area contributed by atoms with Gasteiger partial charge in [-0.2, -0.15) is 0 Å². The van der Waals surface area contributed by atoms with E-state index in [2.05, 4.69) is 41.2 Å². The summed E-state index contributed by atoms with van der Waals surface area (Å²) in [6.45, 7) is 8.44. The molecule has 5 heteroatoms. The van der Waals surface area contributed by atoms with Gasteiger partial charge in [0.25, 0.3) is 0 Å². The maximum Gasteiger partial charge on any atom is 0.318 e. The first kappa shape index (κ1) is 13.3. The lowest BCUT2D eigenvalue weighted by Gasteiger charge is -2.20. The van der Waals surface area contributed by atoms with Crippen LogP contribution in [0.25, 0.3) is 0 Å². The van der Waals surface area contributed by atoms with Crippen molar-refractivity contribution < 1.29 is 4.42 Å². The van der Waals surface area contributed by atoms with Crippen molar-refractivity contribution >= 4 is 6.01 Å². The summed E-state index contributed by atoms with van der Waals surface area (Å²) in [5.74, 6) is 0.695. The first-order valence-corrected chi connectivity index (χ1v) is 7.09. The van der Waals surface area contributed by atoms with Crippen molar-refractivity contribution in [3.63, 3.8) is 0 Å². The molecule has 102 valence electrons. The smallest absolute Gasteiger partial charge is 0.318 e. The van der Waals surface area contributed by atoms with E-state index < -0.39 is 0 Å². The number of nitrogens with one attached hydrogen (secondary N) is 1. The molecule has 0 aromatic carbocycles. The van der Waals surface area contributed by atoms with Crippen molar-refractivity contribution in [3.05, 3.63) is 5.89 Å². The van der Waals surface area contributed by atoms with Crippen molar-refractivity contribution in [3.8, 4) is 0 Å². The number of hydrogen-bond donors (Lipinski definition) is 1. The molecule has 2 rings (SSSR count). The Hall–Kier alpha value is -1.10. The standard InChI is InChI=1S/C13H24N4O/c1-4-8-14-10(3)12-15-16-13(18-12)17-9-6-7-11(17)5-2/h10-11,14H,4-9H2,1-3H3. The average Bonchev–Trinajstić information content (AvgIpc) is 3.02. The van der Waals surface area contributed by atoms with E-state index >= 15 is 0 Å². The van der Waals surface area contributed by atoms with E-state index in [1.54, 1.807) is 0 Å². The fourth-order valence-corrected chi connectivity index (χ4v) is 2.48. The van der Waals surface area contributed by atoms with Crippen LogP contribution in [0.1, 0.15) is 58.4 Å². The van der Waals surface area contributed by atoms with Crippen molar-refractivity contribution in [2.75, 3.05) is 18.0 Å². The number of nitrogens with zero attached hydrogens (tertiary/aromatic N) is 3. The van der Waals surface area contributed by atoms with E-state index in [1.807, 2.05) is 0 Å². The van der Waals surface area contributed by atoms with E-state index in [0.29, 0.717) is 17.9 Å². The quantitative estimate of drug-likeness (QED) is 0.843. The molecule has 1 N–H and O–H groups in total. The highest BCUT2D eigenvalue weighted by Crippen LogP contribution is 2.27. The summed E-state index contributed by atoms with van der Waals surface area (Å²) in [7, 11) is 0. The van der Waals surface area contributed by atoms with Crippen molar-refractivity contribution in [1.82, 2.24) is 15.5 Å². The Labute approximate surface area is 109 Å². The van der Waals surface area contributed by atoms with Gasteiger partial charge >= 0.3 is 6.01 Å². The molecule has 2 atom stereocenters. The van der Waals surface area contributed by atoms with Gasteiger partial charge in [0, 0.05) is 12.6 Å². The number of rotatable bonds is 6. The van der Waals surface area contributed by atoms with Crippen molar-refractivity contribution in [2.45, 2.75) is 58.5 Å². The van der Waals surface area contributed by atoms with Crippen LogP contribution in [0.4, 0.5) is 6.01 Å². The Morgan fingerprint density at radius 1 is 1.44 bits per heavy atom. The third kappa shape index (κ3) is 2.83. The second-order valence-electron chi connectivity index (χ2n) is 5.00. The van der Waals surface area contributed by atoms with E-state index in [9.17, 15) is 0 Å². The molecule has 18 heavy (non-hydrogen) atoms. The molecular formula is C13H24N4O. The van der Waals surface area contributed by atoms with Gasteiger partial charge < -0.3 is 14.6 Å². The zero-order valence-electron chi connectivity index (χ0n) is 11.6. The maximum atomic E-state index is 5.80. The lowest BCUT2D eigenvalue weighted by molar-refractivity contribution is 0.411. The van der Waals surface area contributed by atoms with E-state index in [1.165, 1.54) is 12.8 Å². The summed E-state index contributed by atoms with van der Waals surface area (Å²) in [5.41, 5.74) is 0. The van der Waals surface area contributed by atoms with Crippen LogP contribution in [0.3, 0.4) is 0 Å². The monoisotopic (exact) mass is 252 g/mol. The van der Waals surface area contributed by atoms with Crippen molar-refractivity contribution in [2.24, 2.45) is 0 Å². The summed E-state index contributed by atoms with van der Waals surface area (Å²) in [6, 6.07) is 1.39. The number of anilines is 1. The largest absolute Gasteiger partial charge is 0.406 e. The minimum Gasteiger partial charge on any atom is -0.406 e. The average molecular weight is 252 g/mol. The van der Waals surface area contributed by atoms with Gasteiger partial charge in [0.1, 0.15) is 0 Å². The predicted octanol–water partition coefficient (Wildman–Crippen LogP) is 2.51. The molecule has 5 nitrogen and oxygen atoms in total. The molecule has 0 radical (unpaired) electrons. The topological polar surface area (TPSA) is 54.2 Å². The van der Waals surface area contributed by atoms with Crippen molar-refractivity contribution in [1.29, 1.82) is 0 Å². The molecule has 1 saturated heterocycles. The third-order valence-corrected chi connectivity index (χ3v) is 3.59. The number of hydrogen-bond acceptors (Lipinski definition) is 5. The Balaban J connectivity index is 2.01. The summed E-state index contributed by atoms with van der Waals surface area (Å²) in [5, 5.41) is 11.7. The maximum absolute atomic E-state index is 5.80. The molecule has 1 aromatic heterocycles. The van der Waals surface area contributed by atoms with Crippen LogP contribution < -0.4 is 10.2 Å². The van der Waals surface area contributed by atoms with Crippen LogP contribution in [-0.2, 0) is 0 Å². The van der Waals surface area contributed by atoms with Crippen LogP contribution in [0.2, 0.25) is 0 Å². The number of aromatic nitrogens is 2. The van der Waals surface area contributed by atoms with Gasteiger partial charge in [-0.3, -0.25) is 0 Å². The molecular weight excluding hydrogens is 228 g/mol. The van der Waals surface area contributed by atoms with Gasteiger partial charge in [0.2, 0.25) is 5.89 Å². The van der Waals surface area contributed by atoms with Crippen LogP contribution in [0, 0.1) is 0 Å². The van der Waals surface area contributed by atoms with Crippen LogP contribution in [0.15, 0.2) is 4.42 Å². The molecule has 1 aromatic rings. The molecule has 0 spiro atoms. The lowest BCUT2D eigenvalue weighted by Crippen LogP contribution is -2.28. The zero-order valence-corrected chi connectivity index (χ0v) is 11.6. The fraction of sp³-hybridized carbons (Fsp3) is 0.846. The summed E-state index contributed by atoms with van der Waals surface area (Å²) in [6.07, 6.45) is 4.70. The molecule has 0 amide bonds. The van der Waals surface area contributed by atoms with Gasteiger partial charge in [0.15, 0.2) is 0 Å². The first-order chi connectivity index (χ1) is 8.76. The van der Waals surface area contributed by atoms with E-state index in [0.717, 1.165) is 25.9 Å². The van der Waals surface area contributed by atoms with Gasteiger partial charge in [-0.1, -0.05) is 18.9 Å².